The third kappa shape index (κ3) is 2.71. The van der Waals surface area contributed by atoms with Crippen LogP contribution in [0.3, 0.4) is 0 Å². The Labute approximate surface area is 82.8 Å². The lowest BCUT2D eigenvalue weighted by Gasteiger charge is -1.98. The van der Waals surface area contributed by atoms with Crippen LogP contribution in [-0.2, 0) is 0 Å². The highest BCUT2D eigenvalue weighted by Gasteiger charge is 2.07. The third-order valence-electron chi connectivity index (χ3n) is 1.40. The van der Waals surface area contributed by atoms with E-state index in [2.05, 4.69) is 0 Å². The molecule has 1 nitrogen and oxygen atoms in total. The Morgan fingerprint density at radius 2 is 1.92 bits per heavy atom. The Morgan fingerprint density at radius 1 is 1.38 bits per heavy atom. The quantitative estimate of drug-likeness (QED) is 0.625. The Morgan fingerprint density at radius 3 is 2.38 bits per heavy atom. The minimum absolute atomic E-state index is 0.0133. The molecule has 1 aromatic rings. The van der Waals surface area contributed by atoms with Crippen molar-refractivity contribution in [2.24, 2.45) is 0 Å². The first-order valence-corrected chi connectivity index (χ1v) is 4.39. The summed E-state index contributed by atoms with van der Waals surface area (Å²) in [6, 6.07) is 4.73. The zero-order valence-electron chi connectivity index (χ0n) is 7.86. The van der Waals surface area contributed by atoms with Gasteiger partial charge in [-0.2, -0.15) is 5.26 Å². The van der Waals surface area contributed by atoms with Crippen molar-refractivity contribution < 1.29 is 4.39 Å². The van der Waals surface area contributed by atoms with Crippen molar-refractivity contribution in [1.29, 1.82) is 5.26 Å². The Kier molecular flexibility index (Phi) is 5.10. The second-order valence-electron chi connectivity index (χ2n) is 2.17. The van der Waals surface area contributed by atoms with Crippen LogP contribution in [0.25, 0.3) is 0 Å². The van der Waals surface area contributed by atoms with E-state index in [9.17, 15) is 4.39 Å². The number of nitriles is 1. The molecule has 70 valence electrons. The Bertz CT molecular complexity index is 328. The fourth-order valence-electron chi connectivity index (χ4n) is 0.732. The first-order valence-electron chi connectivity index (χ1n) is 4.01. The molecule has 0 saturated carbocycles. The molecule has 0 N–H and O–H groups in total. The summed E-state index contributed by atoms with van der Waals surface area (Å²) in [4.78, 5) is 0. The fourth-order valence-corrected chi connectivity index (χ4v) is 0.897. The number of hydrogen-bond donors (Lipinski definition) is 0. The summed E-state index contributed by atoms with van der Waals surface area (Å²) in [6.45, 7) is 5.69. The van der Waals surface area contributed by atoms with Crippen LogP contribution in [0.1, 0.15) is 25.0 Å². The zero-order chi connectivity index (χ0) is 10.4. The minimum atomic E-state index is -0.630. The molecule has 0 radical (unpaired) electrons. The molecule has 0 amide bonds. The number of benzene rings is 1. The van der Waals surface area contributed by atoms with Crippen molar-refractivity contribution in [1.82, 2.24) is 0 Å². The molecule has 0 aliphatic rings. The van der Waals surface area contributed by atoms with Gasteiger partial charge in [0.15, 0.2) is 5.82 Å². The topological polar surface area (TPSA) is 23.8 Å². The van der Waals surface area contributed by atoms with Gasteiger partial charge in [-0.05, 0) is 18.6 Å². The molecule has 0 unspecified atom stereocenters. The predicted molar refractivity (Wildman–Crippen MR) is 52.2 cm³/mol. The normalized spacial score (nSPS) is 8.31. The number of halogens is 2. The monoisotopic (exact) mass is 199 g/mol. The summed E-state index contributed by atoms with van der Waals surface area (Å²) in [5.74, 6) is -0.630. The number of aryl methyl sites for hydroxylation is 1. The molecule has 13 heavy (non-hydrogen) atoms. The zero-order valence-corrected chi connectivity index (χ0v) is 8.61. The molecule has 3 heteroatoms. The summed E-state index contributed by atoms with van der Waals surface area (Å²) < 4.78 is 12.9. The van der Waals surface area contributed by atoms with E-state index in [1.807, 2.05) is 13.8 Å². The van der Waals surface area contributed by atoms with Crippen molar-refractivity contribution in [3.63, 3.8) is 0 Å². The van der Waals surface area contributed by atoms with Gasteiger partial charge >= 0.3 is 0 Å². The van der Waals surface area contributed by atoms with Crippen LogP contribution < -0.4 is 0 Å². The van der Waals surface area contributed by atoms with Gasteiger partial charge in [-0.25, -0.2) is 4.39 Å². The first-order chi connectivity index (χ1) is 6.16. The number of hydrogen-bond acceptors (Lipinski definition) is 1. The highest BCUT2D eigenvalue weighted by molar-refractivity contribution is 6.31. The molecule has 0 spiro atoms. The second-order valence-corrected chi connectivity index (χ2v) is 2.55. The molecule has 0 aromatic heterocycles. The molecule has 1 rings (SSSR count). The van der Waals surface area contributed by atoms with Gasteiger partial charge in [0.25, 0.3) is 0 Å². The molecule has 0 aliphatic heterocycles. The van der Waals surface area contributed by atoms with Gasteiger partial charge in [-0.15, -0.1) is 0 Å². The standard InChI is InChI=1S/C8H5ClFN.C2H6/c1-5-2-3-6(4-11)8(10)7(5)9;1-2/h2-3H,1H3;1-2H3. The van der Waals surface area contributed by atoms with E-state index in [1.165, 1.54) is 6.07 Å². The van der Waals surface area contributed by atoms with Crippen LogP contribution in [0.15, 0.2) is 12.1 Å². The van der Waals surface area contributed by atoms with E-state index in [4.69, 9.17) is 16.9 Å². The van der Waals surface area contributed by atoms with Gasteiger partial charge < -0.3 is 0 Å². The van der Waals surface area contributed by atoms with Gasteiger partial charge in [0.2, 0.25) is 0 Å². The summed E-state index contributed by atoms with van der Waals surface area (Å²) in [5.41, 5.74) is 0.628. The maximum Gasteiger partial charge on any atom is 0.159 e. The minimum Gasteiger partial charge on any atom is -0.204 e. The average Bonchev–Trinajstić information content (AvgIpc) is 2.18. The lowest BCUT2D eigenvalue weighted by molar-refractivity contribution is 0.623. The van der Waals surface area contributed by atoms with Crippen molar-refractivity contribution in [3.8, 4) is 6.07 Å². The number of rotatable bonds is 0. The van der Waals surface area contributed by atoms with Crippen LogP contribution >= 0.6 is 11.6 Å². The number of nitrogens with zero attached hydrogens (tertiary/aromatic N) is 1. The highest BCUT2D eigenvalue weighted by Crippen LogP contribution is 2.21. The van der Waals surface area contributed by atoms with E-state index in [0.717, 1.165) is 0 Å². The van der Waals surface area contributed by atoms with Crippen molar-refractivity contribution in [3.05, 3.63) is 34.1 Å². The van der Waals surface area contributed by atoms with E-state index >= 15 is 0 Å². The van der Waals surface area contributed by atoms with Gasteiger partial charge in [0.1, 0.15) is 6.07 Å². The van der Waals surface area contributed by atoms with Gasteiger partial charge in [0.05, 0.1) is 10.6 Å². The lowest BCUT2D eigenvalue weighted by Crippen LogP contribution is -1.87. The molecule has 0 aliphatic carbocycles. The molecular weight excluding hydrogens is 189 g/mol. The predicted octanol–water partition coefficient (Wildman–Crippen LogP) is 3.69. The van der Waals surface area contributed by atoms with Crippen LogP contribution in [0.4, 0.5) is 4.39 Å². The third-order valence-corrected chi connectivity index (χ3v) is 1.86. The smallest absolute Gasteiger partial charge is 0.159 e. The molecule has 0 bridgehead atoms. The van der Waals surface area contributed by atoms with Crippen molar-refractivity contribution >= 4 is 11.6 Å². The van der Waals surface area contributed by atoms with Crippen molar-refractivity contribution in [2.45, 2.75) is 20.8 Å². The largest absolute Gasteiger partial charge is 0.204 e. The summed E-state index contributed by atoms with van der Waals surface area (Å²) >= 11 is 5.54. The molecule has 0 fully saturated rings. The van der Waals surface area contributed by atoms with Crippen LogP contribution in [0.5, 0.6) is 0 Å². The van der Waals surface area contributed by atoms with Gasteiger partial charge in [-0.3, -0.25) is 0 Å². The van der Waals surface area contributed by atoms with E-state index in [1.54, 1.807) is 19.1 Å². The van der Waals surface area contributed by atoms with Crippen LogP contribution in [0.2, 0.25) is 5.02 Å². The molecular formula is C10H11ClFN. The highest BCUT2D eigenvalue weighted by atomic mass is 35.5. The lowest BCUT2D eigenvalue weighted by atomic mass is 10.1. The van der Waals surface area contributed by atoms with Gasteiger partial charge in [0, 0.05) is 0 Å². The maximum absolute atomic E-state index is 12.9. The molecule has 0 heterocycles. The molecule has 0 atom stereocenters. The maximum atomic E-state index is 12.9. The Balaban J connectivity index is 0.000000671. The fraction of sp³-hybridized carbons (Fsp3) is 0.300. The summed E-state index contributed by atoms with van der Waals surface area (Å²) in [7, 11) is 0. The molecule has 0 saturated heterocycles. The Hall–Kier alpha value is -1.07. The molecule has 1 aromatic carbocycles. The van der Waals surface area contributed by atoms with Crippen LogP contribution in [-0.4, -0.2) is 0 Å². The van der Waals surface area contributed by atoms with Crippen LogP contribution in [0, 0.1) is 24.1 Å². The van der Waals surface area contributed by atoms with Gasteiger partial charge in [-0.1, -0.05) is 31.5 Å². The first kappa shape index (κ1) is 11.9. The van der Waals surface area contributed by atoms with E-state index in [-0.39, 0.29) is 10.6 Å². The second kappa shape index (κ2) is 5.55. The summed E-state index contributed by atoms with van der Waals surface area (Å²) in [5, 5.41) is 8.42. The SMILES string of the molecule is CC.Cc1ccc(C#N)c(F)c1Cl. The summed E-state index contributed by atoms with van der Waals surface area (Å²) in [6.07, 6.45) is 0. The van der Waals surface area contributed by atoms with E-state index in [0.29, 0.717) is 5.56 Å². The van der Waals surface area contributed by atoms with E-state index < -0.39 is 5.82 Å². The average molecular weight is 200 g/mol. The van der Waals surface area contributed by atoms with Crippen molar-refractivity contribution in [2.75, 3.05) is 0 Å².